The predicted molar refractivity (Wildman–Crippen MR) is 73.2 cm³/mol. The molecule has 2 aliphatic rings. The maximum Gasteiger partial charge on any atom is 0.124 e. The largest absolute Gasteiger partial charge is 0.388 e. The minimum absolute atomic E-state index is 0.401. The Morgan fingerprint density at radius 2 is 2.06 bits per heavy atom. The van der Waals surface area contributed by atoms with Crippen molar-refractivity contribution >= 4 is 22.9 Å². The fraction of sp³-hybridized carbons (Fsp3) is 0.538. The molecule has 0 bridgehead atoms. The van der Waals surface area contributed by atoms with Gasteiger partial charge in [0.05, 0.1) is 5.69 Å². The normalized spacial score (nSPS) is 27.2. The van der Waals surface area contributed by atoms with Crippen LogP contribution in [-0.2, 0) is 0 Å². The van der Waals surface area contributed by atoms with Crippen molar-refractivity contribution in [1.82, 2.24) is 4.98 Å². The van der Waals surface area contributed by atoms with Crippen LogP contribution in [0.3, 0.4) is 0 Å². The van der Waals surface area contributed by atoms with Crippen LogP contribution in [0.5, 0.6) is 0 Å². The average Bonchev–Trinajstić information content (AvgIpc) is 2.88. The van der Waals surface area contributed by atoms with Gasteiger partial charge in [-0.3, -0.25) is 4.98 Å². The summed E-state index contributed by atoms with van der Waals surface area (Å²) in [5.41, 5.74) is 7.64. The first-order valence-electron chi connectivity index (χ1n) is 6.25. The maximum atomic E-state index is 5.74. The highest BCUT2D eigenvalue weighted by atomic mass is 32.1. The molecule has 2 atom stereocenters. The topological polar surface area (TPSA) is 42.1 Å². The van der Waals surface area contributed by atoms with Gasteiger partial charge in [-0.05, 0) is 36.8 Å². The molecule has 3 rings (SSSR count). The van der Waals surface area contributed by atoms with Gasteiger partial charge in [0.1, 0.15) is 10.7 Å². The number of aromatic nitrogens is 1. The van der Waals surface area contributed by atoms with E-state index in [1.54, 1.807) is 6.20 Å². The van der Waals surface area contributed by atoms with Crippen LogP contribution < -0.4 is 10.6 Å². The fourth-order valence-electron chi connectivity index (χ4n) is 3.27. The lowest BCUT2D eigenvalue weighted by molar-refractivity contribution is 0.494. The van der Waals surface area contributed by atoms with Crippen LogP contribution in [0.1, 0.15) is 25.0 Å². The molecule has 90 valence electrons. The van der Waals surface area contributed by atoms with Gasteiger partial charge in [0.2, 0.25) is 0 Å². The van der Waals surface area contributed by atoms with Gasteiger partial charge in [-0.2, -0.15) is 0 Å². The average molecular weight is 247 g/mol. The van der Waals surface area contributed by atoms with Crippen LogP contribution in [0.2, 0.25) is 0 Å². The number of nitrogens with two attached hydrogens (primary N) is 1. The molecule has 0 radical (unpaired) electrons. The summed E-state index contributed by atoms with van der Waals surface area (Å²) in [6, 6.07) is 4.05. The van der Waals surface area contributed by atoms with Gasteiger partial charge in [0.25, 0.3) is 0 Å². The van der Waals surface area contributed by atoms with E-state index in [2.05, 4.69) is 16.0 Å². The Morgan fingerprint density at radius 3 is 2.71 bits per heavy atom. The smallest absolute Gasteiger partial charge is 0.124 e. The van der Waals surface area contributed by atoms with Crippen molar-refractivity contribution in [2.75, 3.05) is 18.0 Å². The van der Waals surface area contributed by atoms with Gasteiger partial charge in [-0.25, -0.2) is 0 Å². The van der Waals surface area contributed by atoms with Crippen molar-refractivity contribution in [3.8, 4) is 0 Å². The second kappa shape index (κ2) is 4.26. The molecule has 1 aromatic heterocycles. The molecule has 2 heterocycles. The van der Waals surface area contributed by atoms with Crippen LogP contribution in [-0.4, -0.2) is 23.1 Å². The van der Waals surface area contributed by atoms with Crippen molar-refractivity contribution in [3.05, 3.63) is 24.0 Å². The Balaban J connectivity index is 1.88. The third kappa shape index (κ3) is 1.90. The molecule has 17 heavy (non-hydrogen) atoms. The summed E-state index contributed by atoms with van der Waals surface area (Å²) in [5.74, 6) is 1.74. The van der Waals surface area contributed by atoms with Crippen LogP contribution in [0.15, 0.2) is 18.3 Å². The molecule has 1 aromatic rings. The lowest BCUT2D eigenvalue weighted by Gasteiger charge is -2.21. The molecule has 0 spiro atoms. The summed E-state index contributed by atoms with van der Waals surface area (Å²) in [5, 5.41) is 0. The number of hydrogen-bond acceptors (Lipinski definition) is 3. The highest BCUT2D eigenvalue weighted by Gasteiger charge is 2.36. The quantitative estimate of drug-likeness (QED) is 0.811. The number of thiocarbonyl (C=S) groups is 1. The second-order valence-corrected chi connectivity index (χ2v) is 5.53. The van der Waals surface area contributed by atoms with Crippen molar-refractivity contribution in [3.63, 3.8) is 0 Å². The lowest BCUT2D eigenvalue weighted by Crippen LogP contribution is -2.25. The molecular weight excluding hydrogens is 230 g/mol. The number of anilines is 1. The molecule has 0 aromatic carbocycles. The highest BCUT2D eigenvalue weighted by Crippen LogP contribution is 2.39. The summed E-state index contributed by atoms with van der Waals surface area (Å²) in [4.78, 5) is 7.12. The molecular formula is C13H17N3S. The zero-order valence-corrected chi connectivity index (χ0v) is 10.6. The van der Waals surface area contributed by atoms with E-state index in [-0.39, 0.29) is 0 Å². The minimum Gasteiger partial charge on any atom is -0.388 e. The van der Waals surface area contributed by atoms with E-state index < -0.39 is 0 Å². The zero-order valence-electron chi connectivity index (χ0n) is 9.80. The molecule has 2 unspecified atom stereocenters. The molecule has 3 nitrogen and oxygen atoms in total. The Hall–Kier alpha value is -1.16. The van der Waals surface area contributed by atoms with Gasteiger partial charge in [-0.1, -0.05) is 18.6 Å². The Labute approximate surface area is 107 Å². The molecule has 1 aliphatic heterocycles. The summed E-state index contributed by atoms with van der Waals surface area (Å²) in [6.45, 7) is 2.29. The first-order valence-corrected chi connectivity index (χ1v) is 6.66. The van der Waals surface area contributed by atoms with E-state index in [1.165, 1.54) is 19.3 Å². The number of nitrogens with zero attached hydrogens (tertiary/aromatic N) is 2. The van der Waals surface area contributed by atoms with E-state index in [4.69, 9.17) is 18.0 Å². The highest BCUT2D eigenvalue weighted by molar-refractivity contribution is 7.80. The van der Waals surface area contributed by atoms with Crippen molar-refractivity contribution in [2.45, 2.75) is 19.3 Å². The third-order valence-electron chi connectivity index (χ3n) is 4.09. The Morgan fingerprint density at radius 1 is 1.35 bits per heavy atom. The predicted octanol–water partition coefficient (Wildman–Crippen LogP) is 1.95. The monoisotopic (exact) mass is 247 g/mol. The summed E-state index contributed by atoms with van der Waals surface area (Å²) < 4.78 is 0. The van der Waals surface area contributed by atoms with E-state index in [1.807, 2.05) is 6.07 Å². The third-order valence-corrected chi connectivity index (χ3v) is 4.28. The number of pyridine rings is 1. The summed E-state index contributed by atoms with van der Waals surface area (Å²) in [6.07, 6.45) is 5.92. The van der Waals surface area contributed by atoms with Gasteiger partial charge < -0.3 is 10.6 Å². The number of fused-ring (bicyclic) bond motifs is 1. The molecule has 1 aliphatic carbocycles. The second-order valence-electron chi connectivity index (χ2n) is 5.09. The molecule has 4 heteroatoms. The fourth-order valence-corrected chi connectivity index (χ4v) is 3.43. The molecule has 2 fully saturated rings. The van der Waals surface area contributed by atoms with E-state index in [0.717, 1.165) is 36.3 Å². The lowest BCUT2D eigenvalue weighted by atomic mass is 10.0. The van der Waals surface area contributed by atoms with E-state index >= 15 is 0 Å². The maximum absolute atomic E-state index is 5.74. The summed E-state index contributed by atoms with van der Waals surface area (Å²) in [7, 11) is 0. The first-order chi connectivity index (χ1) is 8.25. The number of rotatable bonds is 2. The Kier molecular flexibility index (Phi) is 2.74. The standard InChI is InChI=1S/C13H17N3S/c14-13(17)12-11(5-2-6-15-12)16-7-9-3-1-4-10(9)8-16/h2,5-6,9-10H,1,3-4,7-8H2,(H2,14,17). The number of hydrogen-bond donors (Lipinski definition) is 1. The van der Waals surface area contributed by atoms with Crippen LogP contribution in [0, 0.1) is 11.8 Å². The molecule has 1 saturated carbocycles. The van der Waals surface area contributed by atoms with Crippen LogP contribution >= 0.6 is 12.2 Å². The van der Waals surface area contributed by atoms with Gasteiger partial charge in [0.15, 0.2) is 0 Å². The van der Waals surface area contributed by atoms with Gasteiger partial charge in [0, 0.05) is 19.3 Å². The summed E-state index contributed by atoms with van der Waals surface area (Å²) >= 11 is 5.07. The van der Waals surface area contributed by atoms with Crippen molar-refractivity contribution in [2.24, 2.45) is 17.6 Å². The van der Waals surface area contributed by atoms with Gasteiger partial charge in [-0.15, -0.1) is 0 Å². The molecule has 1 saturated heterocycles. The SMILES string of the molecule is NC(=S)c1ncccc1N1CC2CCCC2C1. The first kappa shape index (κ1) is 11.0. The van der Waals surface area contributed by atoms with Crippen molar-refractivity contribution < 1.29 is 0 Å². The van der Waals surface area contributed by atoms with E-state index in [0.29, 0.717) is 4.99 Å². The van der Waals surface area contributed by atoms with Crippen LogP contribution in [0.4, 0.5) is 5.69 Å². The van der Waals surface area contributed by atoms with Gasteiger partial charge >= 0.3 is 0 Å². The molecule has 2 N–H and O–H groups in total. The molecule has 0 amide bonds. The minimum atomic E-state index is 0.401. The van der Waals surface area contributed by atoms with Crippen LogP contribution in [0.25, 0.3) is 0 Å². The Bertz CT molecular complexity index is 434. The van der Waals surface area contributed by atoms with E-state index in [9.17, 15) is 0 Å². The zero-order chi connectivity index (χ0) is 11.8. The van der Waals surface area contributed by atoms with Crippen molar-refractivity contribution in [1.29, 1.82) is 0 Å².